The van der Waals surface area contributed by atoms with Gasteiger partial charge in [-0.2, -0.15) is 0 Å². The number of aromatic carboxylic acids is 1. The van der Waals surface area contributed by atoms with Crippen LogP contribution in [0.3, 0.4) is 0 Å². The first kappa shape index (κ1) is 17.9. The van der Waals surface area contributed by atoms with Gasteiger partial charge in [0.25, 0.3) is 10.0 Å². The van der Waals surface area contributed by atoms with E-state index in [2.05, 4.69) is 4.98 Å². The normalized spacial score (nSPS) is 11.6. The molecule has 0 radical (unpaired) electrons. The van der Waals surface area contributed by atoms with Gasteiger partial charge < -0.3 is 5.11 Å². The van der Waals surface area contributed by atoms with Crippen molar-refractivity contribution in [3.63, 3.8) is 0 Å². The molecule has 0 atom stereocenters. The van der Waals surface area contributed by atoms with E-state index in [1.165, 1.54) is 18.2 Å². The van der Waals surface area contributed by atoms with Gasteiger partial charge in [-0.05, 0) is 36.8 Å². The molecule has 6 nitrogen and oxygen atoms in total. The van der Waals surface area contributed by atoms with E-state index in [0.717, 1.165) is 20.7 Å². The minimum atomic E-state index is -4.12. The number of rotatable bonds is 4. The molecular formula is C21H16N2O4S. The van der Waals surface area contributed by atoms with E-state index in [9.17, 15) is 18.3 Å². The smallest absolute Gasteiger partial charge is 0.353 e. The summed E-state index contributed by atoms with van der Waals surface area (Å²) in [5.41, 5.74) is 2.31. The zero-order valence-electron chi connectivity index (χ0n) is 14.9. The molecule has 0 spiro atoms. The predicted octanol–water partition coefficient (Wildman–Crippen LogP) is 3.95. The Labute approximate surface area is 161 Å². The molecule has 7 heteroatoms. The maximum Gasteiger partial charge on any atom is 0.353 e. The number of hydrogen-bond donors (Lipinski definition) is 1. The fourth-order valence-electron chi connectivity index (χ4n) is 3.07. The molecule has 0 saturated carbocycles. The molecule has 0 saturated heterocycles. The van der Waals surface area contributed by atoms with Crippen LogP contribution in [0.15, 0.2) is 77.8 Å². The van der Waals surface area contributed by atoms with Gasteiger partial charge in [-0.15, -0.1) is 0 Å². The summed E-state index contributed by atoms with van der Waals surface area (Å²) in [5.74, 6) is -1.34. The number of carboxylic acids is 1. The second-order valence-electron chi connectivity index (χ2n) is 6.42. The molecule has 0 aliphatic heterocycles. The van der Waals surface area contributed by atoms with Crippen molar-refractivity contribution in [1.82, 2.24) is 8.96 Å². The van der Waals surface area contributed by atoms with Crippen molar-refractivity contribution in [1.29, 1.82) is 0 Å². The van der Waals surface area contributed by atoms with Gasteiger partial charge >= 0.3 is 5.97 Å². The van der Waals surface area contributed by atoms with Crippen molar-refractivity contribution in [2.24, 2.45) is 0 Å². The number of carboxylic acid groups (broad SMARTS) is 1. The van der Waals surface area contributed by atoms with E-state index in [4.69, 9.17) is 0 Å². The second kappa shape index (κ2) is 6.61. The fourth-order valence-corrected chi connectivity index (χ4v) is 4.53. The van der Waals surface area contributed by atoms with E-state index < -0.39 is 16.0 Å². The maximum absolute atomic E-state index is 13.2. The molecule has 2 aromatic carbocycles. The molecule has 0 aliphatic carbocycles. The Morgan fingerprint density at radius 3 is 2.29 bits per heavy atom. The highest BCUT2D eigenvalue weighted by molar-refractivity contribution is 7.90. The molecule has 0 unspecified atom stereocenters. The van der Waals surface area contributed by atoms with Crippen molar-refractivity contribution in [3.8, 4) is 11.1 Å². The number of aryl methyl sites for hydroxylation is 1. The number of carbonyl (C=O) groups is 1. The van der Waals surface area contributed by atoms with Crippen LogP contribution in [-0.4, -0.2) is 28.5 Å². The van der Waals surface area contributed by atoms with Crippen LogP contribution in [0.5, 0.6) is 0 Å². The Bertz CT molecular complexity index is 1290. The van der Waals surface area contributed by atoms with Crippen LogP contribution in [-0.2, 0) is 10.0 Å². The Morgan fingerprint density at radius 1 is 0.964 bits per heavy atom. The molecule has 28 heavy (non-hydrogen) atoms. The Balaban J connectivity index is 1.96. The average Bonchev–Trinajstić information content (AvgIpc) is 3.09. The number of aromatic nitrogens is 2. The number of nitrogens with zero attached hydrogens (tertiary/aromatic N) is 2. The summed E-state index contributed by atoms with van der Waals surface area (Å²) in [5, 5.41) is 10.0. The zero-order valence-corrected chi connectivity index (χ0v) is 15.7. The molecular weight excluding hydrogens is 376 g/mol. The third-order valence-electron chi connectivity index (χ3n) is 4.48. The van der Waals surface area contributed by atoms with E-state index in [-0.39, 0.29) is 16.2 Å². The largest absolute Gasteiger partial charge is 0.477 e. The number of benzene rings is 2. The van der Waals surface area contributed by atoms with Crippen LogP contribution < -0.4 is 0 Å². The molecule has 4 aromatic rings. The SMILES string of the molecule is Cc1ccc(S(=O)(=O)n2c(C(=O)O)cc3cc(-c4ccccc4)cnc32)cc1. The molecule has 2 heterocycles. The van der Waals surface area contributed by atoms with Gasteiger partial charge in [-0.3, -0.25) is 0 Å². The molecule has 2 aromatic heterocycles. The summed E-state index contributed by atoms with van der Waals surface area (Å²) < 4.78 is 27.1. The van der Waals surface area contributed by atoms with E-state index >= 15 is 0 Å². The van der Waals surface area contributed by atoms with Gasteiger partial charge in [0.05, 0.1) is 4.90 Å². The minimum Gasteiger partial charge on any atom is -0.477 e. The van der Waals surface area contributed by atoms with Gasteiger partial charge in [-0.25, -0.2) is 22.2 Å². The summed E-state index contributed by atoms with van der Waals surface area (Å²) in [6.07, 6.45) is 1.55. The topological polar surface area (TPSA) is 89.3 Å². The fraction of sp³-hybridized carbons (Fsp3) is 0.0476. The first-order valence-electron chi connectivity index (χ1n) is 8.50. The molecule has 0 aliphatic rings. The van der Waals surface area contributed by atoms with E-state index in [1.54, 1.807) is 24.4 Å². The molecule has 0 fully saturated rings. The Kier molecular flexibility index (Phi) is 4.24. The standard InChI is InChI=1S/C21H16N2O4S/c1-14-7-9-18(10-8-14)28(26,27)23-19(21(24)25)12-16-11-17(13-22-20(16)23)15-5-3-2-4-6-15/h2-13H,1H3,(H,24,25). The van der Waals surface area contributed by atoms with Crippen molar-refractivity contribution < 1.29 is 18.3 Å². The van der Waals surface area contributed by atoms with Crippen molar-refractivity contribution in [2.75, 3.05) is 0 Å². The second-order valence-corrected chi connectivity index (χ2v) is 8.21. The van der Waals surface area contributed by atoms with Crippen molar-refractivity contribution in [3.05, 3.63) is 84.2 Å². The quantitative estimate of drug-likeness (QED) is 0.568. The van der Waals surface area contributed by atoms with Gasteiger partial charge in [0.15, 0.2) is 5.65 Å². The zero-order chi connectivity index (χ0) is 19.9. The average molecular weight is 392 g/mol. The summed E-state index contributed by atoms with van der Waals surface area (Å²) >= 11 is 0. The molecule has 1 N–H and O–H groups in total. The summed E-state index contributed by atoms with van der Waals surface area (Å²) in [6.45, 7) is 1.84. The molecule has 140 valence electrons. The van der Waals surface area contributed by atoms with E-state index in [0.29, 0.717) is 5.39 Å². The van der Waals surface area contributed by atoms with Gasteiger partial charge in [0.1, 0.15) is 5.69 Å². The predicted molar refractivity (Wildman–Crippen MR) is 106 cm³/mol. The first-order valence-corrected chi connectivity index (χ1v) is 9.94. The highest BCUT2D eigenvalue weighted by Gasteiger charge is 2.27. The van der Waals surface area contributed by atoms with Crippen LogP contribution in [0.25, 0.3) is 22.2 Å². The van der Waals surface area contributed by atoms with E-state index in [1.807, 2.05) is 37.3 Å². The lowest BCUT2D eigenvalue weighted by Crippen LogP contribution is -2.18. The molecule has 4 rings (SSSR count). The number of fused-ring (bicyclic) bond motifs is 1. The minimum absolute atomic E-state index is 0.00651. The highest BCUT2D eigenvalue weighted by atomic mass is 32.2. The first-order chi connectivity index (χ1) is 13.4. The third kappa shape index (κ3) is 2.95. The van der Waals surface area contributed by atoms with Crippen LogP contribution in [0.4, 0.5) is 0 Å². The lowest BCUT2D eigenvalue weighted by molar-refractivity contribution is 0.0689. The summed E-state index contributed by atoms with van der Waals surface area (Å²) in [6, 6.07) is 18.8. The Morgan fingerprint density at radius 2 is 1.64 bits per heavy atom. The van der Waals surface area contributed by atoms with Crippen LogP contribution in [0, 0.1) is 6.92 Å². The van der Waals surface area contributed by atoms with Crippen molar-refractivity contribution >= 4 is 27.0 Å². The van der Waals surface area contributed by atoms with Crippen LogP contribution in [0.1, 0.15) is 16.1 Å². The summed E-state index contributed by atoms with van der Waals surface area (Å²) in [4.78, 5) is 16.1. The number of pyridine rings is 1. The third-order valence-corrected chi connectivity index (χ3v) is 6.20. The summed E-state index contributed by atoms with van der Waals surface area (Å²) in [7, 11) is -4.12. The van der Waals surface area contributed by atoms with Gasteiger partial charge in [-0.1, -0.05) is 48.0 Å². The maximum atomic E-state index is 13.2. The lowest BCUT2D eigenvalue weighted by atomic mass is 10.1. The molecule has 0 amide bonds. The molecule has 0 bridgehead atoms. The van der Waals surface area contributed by atoms with Crippen LogP contribution in [0.2, 0.25) is 0 Å². The Hall–Kier alpha value is -3.45. The van der Waals surface area contributed by atoms with Crippen molar-refractivity contribution in [2.45, 2.75) is 11.8 Å². The van der Waals surface area contributed by atoms with Gasteiger partial charge in [0.2, 0.25) is 0 Å². The van der Waals surface area contributed by atoms with Crippen LogP contribution >= 0.6 is 0 Å². The monoisotopic (exact) mass is 392 g/mol. The highest BCUT2D eigenvalue weighted by Crippen LogP contribution is 2.28. The van der Waals surface area contributed by atoms with Gasteiger partial charge in [0, 0.05) is 17.1 Å². The lowest BCUT2D eigenvalue weighted by Gasteiger charge is -2.10. The number of hydrogen-bond acceptors (Lipinski definition) is 4.